The number of thioether (sulfide) groups is 1. The van der Waals surface area contributed by atoms with Crippen molar-refractivity contribution in [3.8, 4) is 11.8 Å². The molecule has 0 radical (unpaired) electrons. The van der Waals surface area contributed by atoms with Crippen molar-refractivity contribution >= 4 is 34.9 Å². The molecule has 1 N–H and O–H groups in total. The maximum Gasteiger partial charge on any atom is 0.293 e. The third kappa shape index (κ3) is 4.83. The van der Waals surface area contributed by atoms with E-state index in [1.807, 2.05) is 6.07 Å². The number of amides is 3. The number of ether oxygens (including phenoxy) is 1. The summed E-state index contributed by atoms with van der Waals surface area (Å²) in [6.07, 6.45) is 1.65. The molecule has 0 saturated carbocycles. The molecule has 146 valence electrons. The van der Waals surface area contributed by atoms with Crippen LogP contribution < -0.4 is 10.1 Å². The fourth-order valence-corrected chi connectivity index (χ4v) is 3.49. The van der Waals surface area contributed by atoms with Gasteiger partial charge < -0.3 is 10.1 Å². The number of nitrogens with one attached hydrogen (secondary N) is 1. The molecular weight excluding hydrogens is 390 g/mol. The molecule has 1 heterocycles. The minimum absolute atomic E-state index is 0.0760. The second kappa shape index (κ2) is 9.08. The van der Waals surface area contributed by atoms with Crippen LogP contribution in [0.4, 0.5) is 4.79 Å². The van der Waals surface area contributed by atoms with E-state index in [-0.39, 0.29) is 30.1 Å². The molecule has 3 amide bonds. The van der Waals surface area contributed by atoms with Gasteiger partial charge in [-0.1, -0.05) is 12.1 Å². The third-order valence-corrected chi connectivity index (χ3v) is 5.09. The highest BCUT2D eigenvalue weighted by atomic mass is 32.2. The van der Waals surface area contributed by atoms with E-state index in [1.165, 1.54) is 0 Å². The van der Waals surface area contributed by atoms with Crippen molar-refractivity contribution in [3.63, 3.8) is 0 Å². The molecular formula is C21H17N3O4S. The minimum atomic E-state index is -0.386. The maximum absolute atomic E-state index is 12.5. The minimum Gasteiger partial charge on any atom is -0.497 e. The van der Waals surface area contributed by atoms with Gasteiger partial charge in [0.05, 0.1) is 23.6 Å². The van der Waals surface area contributed by atoms with Gasteiger partial charge >= 0.3 is 0 Å². The first-order valence-electron chi connectivity index (χ1n) is 8.69. The highest BCUT2D eigenvalue weighted by molar-refractivity contribution is 8.18. The Morgan fingerprint density at radius 3 is 2.48 bits per heavy atom. The smallest absolute Gasteiger partial charge is 0.293 e. The van der Waals surface area contributed by atoms with Crippen molar-refractivity contribution in [1.29, 1.82) is 5.26 Å². The van der Waals surface area contributed by atoms with Crippen molar-refractivity contribution in [2.45, 2.75) is 0 Å². The molecule has 1 aliphatic rings. The van der Waals surface area contributed by atoms with E-state index >= 15 is 0 Å². The lowest BCUT2D eigenvalue weighted by atomic mass is 10.1. The molecule has 0 unspecified atom stereocenters. The first kappa shape index (κ1) is 20.2. The van der Waals surface area contributed by atoms with Crippen LogP contribution in [0.15, 0.2) is 53.4 Å². The summed E-state index contributed by atoms with van der Waals surface area (Å²) in [6.45, 7) is 0.208. The third-order valence-electron chi connectivity index (χ3n) is 4.18. The fourth-order valence-electron chi connectivity index (χ4n) is 2.62. The molecule has 0 spiro atoms. The lowest BCUT2D eigenvalue weighted by molar-refractivity contribution is -0.122. The van der Waals surface area contributed by atoms with E-state index in [2.05, 4.69) is 5.32 Å². The van der Waals surface area contributed by atoms with Crippen LogP contribution in [0.25, 0.3) is 6.08 Å². The summed E-state index contributed by atoms with van der Waals surface area (Å²) in [4.78, 5) is 38.2. The fraction of sp³-hybridized carbons (Fsp3) is 0.143. The summed E-state index contributed by atoms with van der Waals surface area (Å²) in [6, 6.07) is 15.3. The number of benzene rings is 2. The number of imide groups is 1. The Labute approximate surface area is 172 Å². The Hall–Kier alpha value is -3.57. The normalized spacial score (nSPS) is 14.8. The van der Waals surface area contributed by atoms with Crippen molar-refractivity contribution < 1.29 is 19.1 Å². The Morgan fingerprint density at radius 1 is 1.17 bits per heavy atom. The second-order valence-electron chi connectivity index (χ2n) is 6.05. The van der Waals surface area contributed by atoms with Crippen LogP contribution in [0.2, 0.25) is 0 Å². The highest BCUT2D eigenvalue weighted by Gasteiger charge is 2.34. The van der Waals surface area contributed by atoms with Gasteiger partial charge in [0.1, 0.15) is 5.75 Å². The molecule has 0 bridgehead atoms. The Bertz CT molecular complexity index is 1010. The van der Waals surface area contributed by atoms with Gasteiger partial charge in [-0.25, -0.2) is 0 Å². The van der Waals surface area contributed by atoms with Crippen molar-refractivity contribution in [1.82, 2.24) is 10.2 Å². The molecule has 8 heteroatoms. The predicted molar refractivity (Wildman–Crippen MR) is 109 cm³/mol. The zero-order valence-corrected chi connectivity index (χ0v) is 16.4. The van der Waals surface area contributed by atoms with Crippen LogP contribution in [-0.2, 0) is 4.79 Å². The molecule has 1 saturated heterocycles. The average Bonchev–Trinajstić information content (AvgIpc) is 3.01. The van der Waals surface area contributed by atoms with Crippen LogP contribution in [-0.4, -0.2) is 42.2 Å². The van der Waals surface area contributed by atoms with Crippen molar-refractivity contribution in [2.75, 3.05) is 20.2 Å². The van der Waals surface area contributed by atoms with E-state index in [0.717, 1.165) is 22.2 Å². The summed E-state index contributed by atoms with van der Waals surface area (Å²) in [5.74, 6) is -0.0214. The summed E-state index contributed by atoms with van der Waals surface area (Å²) in [5, 5.41) is 11.1. The molecule has 1 fully saturated rings. The zero-order chi connectivity index (χ0) is 20.8. The number of methoxy groups -OCH3 is 1. The quantitative estimate of drug-likeness (QED) is 0.739. The first-order valence-corrected chi connectivity index (χ1v) is 9.51. The van der Waals surface area contributed by atoms with Crippen molar-refractivity contribution in [2.24, 2.45) is 0 Å². The summed E-state index contributed by atoms with van der Waals surface area (Å²) in [7, 11) is 1.57. The number of nitriles is 1. The molecule has 2 aromatic rings. The Balaban J connectivity index is 1.57. The molecule has 7 nitrogen and oxygen atoms in total. The standard InChI is InChI=1S/C21H17N3O4S/c1-28-17-8-4-14(5-9-17)12-18-20(26)24(21(27)29-18)11-10-23-19(25)16-6-2-15(13-22)3-7-16/h2-9,12H,10-11H2,1H3,(H,23,25)/b18-12+. The SMILES string of the molecule is COc1ccc(/C=C2/SC(=O)N(CCNC(=O)c3ccc(C#N)cc3)C2=O)cc1. The van der Waals surface area contributed by atoms with Crippen LogP contribution >= 0.6 is 11.8 Å². The van der Waals surface area contributed by atoms with Gasteiger partial charge in [-0.2, -0.15) is 5.26 Å². The van der Waals surface area contributed by atoms with Crippen molar-refractivity contribution in [3.05, 3.63) is 70.1 Å². The first-order chi connectivity index (χ1) is 14.0. The van der Waals surface area contributed by atoms with Gasteiger partial charge in [-0.15, -0.1) is 0 Å². The van der Waals surface area contributed by atoms with E-state index in [9.17, 15) is 14.4 Å². The van der Waals surface area contributed by atoms with Crippen LogP contribution in [0.3, 0.4) is 0 Å². The van der Waals surface area contributed by atoms with E-state index in [4.69, 9.17) is 10.00 Å². The number of carbonyl (C=O) groups excluding carboxylic acids is 3. The van der Waals surface area contributed by atoms with Crippen LogP contribution in [0.5, 0.6) is 5.75 Å². The lowest BCUT2D eigenvalue weighted by Gasteiger charge is -2.13. The predicted octanol–water partition coefficient (Wildman–Crippen LogP) is 3.03. The number of hydrogen-bond donors (Lipinski definition) is 1. The highest BCUT2D eigenvalue weighted by Crippen LogP contribution is 2.32. The molecule has 0 aromatic heterocycles. The van der Waals surface area contributed by atoms with E-state index in [1.54, 1.807) is 61.7 Å². The zero-order valence-electron chi connectivity index (χ0n) is 15.5. The average molecular weight is 407 g/mol. The molecule has 29 heavy (non-hydrogen) atoms. The number of hydrogen-bond acceptors (Lipinski definition) is 6. The number of nitrogens with zero attached hydrogens (tertiary/aromatic N) is 2. The Morgan fingerprint density at radius 2 is 1.86 bits per heavy atom. The second-order valence-corrected chi connectivity index (χ2v) is 7.04. The molecule has 3 rings (SSSR count). The lowest BCUT2D eigenvalue weighted by Crippen LogP contribution is -2.37. The van der Waals surface area contributed by atoms with Gasteiger partial charge in [0, 0.05) is 18.7 Å². The van der Waals surface area contributed by atoms with Gasteiger partial charge in [-0.05, 0) is 59.8 Å². The van der Waals surface area contributed by atoms with E-state index in [0.29, 0.717) is 21.8 Å². The van der Waals surface area contributed by atoms with Gasteiger partial charge in [-0.3, -0.25) is 19.3 Å². The molecule has 1 aliphatic heterocycles. The topological polar surface area (TPSA) is 99.5 Å². The molecule has 0 aliphatic carbocycles. The summed E-state index contributed by atoms with van der Waals surface area (Å²) in [5.41, 5.74) is 1.64. The van der Waals surface area contributed by atoms with Gasteiger partial charge in [0.15, 0.2) is 0 Å². The monoisotopic (exact) mass is 407 g/mol. The van der Waals surface area contributed by atoms with Gasteiger partial charge in [0.2, 0.25) is 0 Å². The maximum atomic E-state index is 12.5. The molecule has 2 aromatic carbocycles. The number of carbonyl (C=O) groups is 3. The summed E-state index contributed by atoms with van der Waals surface area (Å²) >= 11 is 0.870. The summed E-state index contributed by atoms with van der Waals surface area (Å²) < 4.78 is 5.10. The largest absolute Gasteiger partial charge is 0.497 e. The van der Waals surface area contributed by atoms with E-state index < -0.39 is 0 Å². The van der Waals surface area contributed by atoms with Gasteiger partial charge in [0.25, 0.3) is 17.1 Å². The van der Waals surface area contributed by atoms with Crippen LogP contribution in [0.1, 0.15) is 21.5 Å². The number of rotatable bonds is 6. The van der Waals surface area contributed by atoms with Crippen LogP contribution in [0, 0.1) is 11.3 Å². The molecule has 0 atom stereocenters. The Kier molecular flexibility index (Phi) is 6.32.